The first-order valence-electron chi connectivity index (χ1n) is 10.5. The van der Waals surface area contributed by atoms with Crippen molar-refractivity contribution in [2.45, 2.75) is 51.5 Å². The Balaban J connectivity index is 2.07. The van der Waals surface area contributed by atoms with E-state index in [1.54, 1.807) is 0 Å². The number of fused-ring (bicyclic) bond motifs is 1. The van der Waals surface area contributed by atoms with Crippen molar-refractivity contribution in [1.82, 2.24) is 5.32 Å². The minimum absolute atomic E-state index is 0.0974. The van der Waals surface area contributed by atoms with Gasteiger partial charge in [0.1, 0.15) is 6.04 Å². The monoisotopic (exact) mass is 415 g/mol. The van der Waals surface area contributed by atoms with E-state index in [-0.39, 0.29) is 17.7 Å². The first-order chi connectivity index (χ1) is 14.1. The number of nitrogens with one attached hydrogen (secondary N) is 2. The second kappa shape index (κ2) is 12.5. The maximum Gasteiger partial charge on any atom is 0.246 e. The molecule has 0 bridgehead atoms. The van der Waals surface area contributed by atoms with E-state index < -0.39 is 6.04 Å². The Morgan fingerprint density at radius 2 is 1.76 bits per heavy atom. The quantitative estimate of drug-likeness (QED) is 0.311. The molecule has 2 rings (SSSR count). The fraction of sp³-hybridized carbons (Fsp3) is 0.478. The predicted octanol–water partition coefficient (Wildman–Crippen LogP) is 4.13. The second-order valence-electron chi connectivity index (χ2n) is 7.42. The molecule has 0 saturated carbocycles. The van der Waals surface area contributed by atoms with Crippen molar-refractivity contribution in [2.24, 2.45) is 11.7 Å². The molecule has 0 heterocycles. The summed E-state index contributed by atoms with van der Waals surface area (Å²) in [7, 11) is 0. The zero-order valence-corrected chi connectivity index (χ0v) is 18.1. The third-order valence-corrected chi connectivity index (χ3v) is 5.53. The maximum absolute atomic E-state index is 12.9. The number of anilines is 1. The van der Waals surface area contributed by atoms with E-state index in [4.69, 9.17) is 5.73 Å². The van der Waals surface area contributed by atoms with E-state index in [1.807, 2.05) is 42.5 Å². The van der Waals surface area contributed by atoms with Gasteiger partial charge in [0.05, 0.1) is 0 Å². The summed E-state index contributed by atoms with van der Waals surface area (Å²) in [6.45, 7) is 2.67. The molecule has 0 fully saturated rings. The Labute approximate surface area is 179 Å². The lowest BCUT2D eigenvalue weighted by Crippen LogP contribution is -2.46. The number of nitrogens with two attached hydrogens (primary N) is 1. The van der Waals surface area contributed by atoms with Crippen LogP contribution in [0.1, 0.15) is 45.4 Å². The molecule has 0 aromatic heterocycles. The molecule has 5 nitrogen and oxygen atoms in total. The number of rotatable bonds is 12. The summed E-state index contributed by atoms with van der Waals surface area (Å²) in [4.78, 5) is 25.6. The number of hydrogen-bond donors (Lipinski definition) is 4. The van der Waals surface area contributed by atoms with Gasteiger partial charge in [-0.1, -0.05) is 50.1 Å². The molecule has 0 aliphatic heterocycles. The largest absolute Gasteiger partial charge is 0.344 e. The highest BCUT2D eigenvalue weighted by molar-refractivity contribution is 7.80. The molecule has 158 valence electrons. The average molecular weight is 416 g/mol. The highest BCUT2D eigenvalue weighted by atomic mass is 32.1. The van der Waals surface area contributed by atoms with Gasteiger partial charge in [-0.05, 0) is 55.1 Å². The van der Waals surface area contributed by atoms with E-state index in [0.717, 1.165) is 48.6 Å². The van der Waals surface area contributed by atoms with Crippen molar-refractivity contribution in [2.75, 3.05) is 17.6 Å². The van der Waals surface area contributed by atoms with Gasteiger partial charge in [0.2, 0.25) is 11.8 Å². The molecule has 0 radical (unpaired) electrons. The number of unbranched alkanes of at least 4 members (excludes halogenated alkanes) is 2. The smallest absolute Gasteiger partial charge is 0.246 e. The fourth-order valence-electron chi connectivity index (χ4n) is 3.30. The number of benzene rings is 2. The van der Waals surface area contributed by atoms with Crippen molar-refractivity contribution in [1.29, 1.82) is 0 Å². The number of hydrogen-bond acceptors (Lipinski definition) is 4. The number of thiol groups is 1. The normalized spacial score (nSPS) is 13.1. The minimum atomic E-state index is -0.579. The van der Waals surface area contributed by atoms with Crippen LogP contribution in [-0.2, 0) is 9.59 Å². The summed E-state index contributed by atoms with van der Waals surface area (Å²) >= 11 is 4.32. The van der Waals surface area contributed by atoms with Crippen molar-refractivity contribution in [3.8, 4) is 0 Å². The van der Waals surface area contributed by atoms with E-state index in [0.29, 0.717) is 18.7 Å². The molecule has 0 aliphatic carbocycles. The summed E-state index contributed by atoms with van der Waals surface area (Å²) < 4.78 is 0. The Hall–Kier alpha value is -2.05. The Morgan fingerprint density at radius 3 is 2.45 bits per heavy atom. The Kier molecular flexibility index (Phi) is 10.0. The van der Waals surface area contributed by atoms with E-state index in [2.05, 4.69) is 30.2 Å². The standard InChI is InChI=1S/C23H33N3O2S/c1-2-3-8-19(16-29)22(27)26-21(11-6-7-14-24)23(28)25-20-13-12-17-9-4-5-10-18(17)15-20/h4-5,9-10,12-13,15,19,21,29H,2-3,6-8,11,14,16,24H2,1H3,(H,25,28)(H,26,27)/t19-,21-/m0/s1. The highest BCUT2D eigenvalue weighted by Crippen LogP contribution is 2.19. The second-order valence-corrected chi connectivity index (χ2v) is 7.78. The Bertz CT molecular complexity index is 797. The first kappa shape index (κ1) is 23.2. The van der Waals surface area contributed by atoms with Gasteiger partial charge < -0.3 is 16.4 Å². The van der Waals surface area contributed by atoms with E-state index >= 15 is 0 Å². The van der Waals surface area contributed by atoms with Crippen molar-refractivity contribution in [3.63, 3.8) is 0 Å². The molecule has 0 unspecified atom stereocenters. The zero-order valence-electron chi connectivity index (χ0n) is 17.2. The minimum Gasteiger partial charge on any atom is -0.344 e. The molecule has 0 aliphatic rings. The van der Waals surface area contributed by atoms with Crippen LogP contribution in [0, 0.1) is 5.92 Å². The van der Waals surface area contributed by atoms with Crippen LogP contribution in [0.15, 0.2) is 42.5 Å². The molecule has 2 aromatic rings. The van der Waals surface area contributed by atoms with Gasteiger partial charge >= 0.3 is 0 Å². The van der Waals surface area contributed by atoms with Crippen LogP contribution in [0.25, 0.3) is 10.8 Å². The molecule has 0 saturated heterocycles. The van der Waals surface area contributed by atoms with Crippen molar-refractivity contribution < 1.29 is 9.59 Å². The van der Waals surface area contributed by atoms with Gasteiger partial charge in [-0.2, -0.15) is 12.6 Å². The first-order valence-corrected chi connectivity index (χ1v) is 11.1. The summed E-state index contributed by atoms with van der Waals surface area (Å²) in [5.41, 5.74) is 6.32. The van der Waals surface area contributed by atoms with Gasteiger partial charge in [0.25, 0.3) is 0 Å². The predicted molar refractivity (Wildman–Crippen MR) is 124 cm³/mol. The third kappa shape index (κ3) is 7.37. The van der Waals surface area contributed by atoms with Gasteiger partial charge in [-0.25, -0.2) is 0 Å². The SMILES string of the molecule is CCCC[C@@H](CS)C(=O)N[C@@H](CCCCN)C(=O)Nc1ccc2ccccc2c1. The number of carbonyl (C=O) groups excluding carboxylic acids is 2. The molecule has 2 aromatic carbocycles. The molecule has 2 amide bonds. The Morgan fingerprint density at radius 1 is 1.00 bits per heavy atom. The van der Waals surface area contributed by atoms with Crippen molar-refractivity contribution >= 4 is 40.9 Å². The highest BCUT2D eigenvalue weighted by Gasteiger charge is 2.24. The lowest BCUT2D eigenvalue weighted by molar-refractivity contribution is -0.129. The zero-order chi connectivity index (χ0) is 21.1. The van der Waals surface area contributed by atoms with E-state index in [9.17, 15) is 9.59 Å². The molecule has 6 heteroatoms. The topological polar surface area (TPSA) is 84.2 Å². The van der Waals surface area contributed by atoms with Gasteiger partial charge in [0.15, 0.2) is 0 Å². The maximum atomic E-state index is 12.9. The summed E-state index contributed by atoms with van der Waals surface area (Å²) in [6, 6.07) is 13.2. The lowest BCUT2D eigenvalue weighted by Gasteiger charge is -2.22. The number of amides is 2. The lowest BCUT2D eigenvalue weighted by atomic mass is 10.0. The van der Waals surface area contributed by atoms with Crippen molar-refractivity contribution in [3.05, 3.63) is 42.5 Å². The molecule has 0 spiro atoms. The molecule has 4 N–H and O–H groups in total. The molecule has 2 atom stereocenters. The summed E-state index contributed by atoms with van der Waals surface area (Å²) in [5, 5.41) is 8.09. The molecular weight excluding hydrogens is 382 g/mol. The van der Waals surface area contributed by atoms with Crippen LogP contribution in [-0.4, -0.2) is 30.2 Å². The van der Waals surface area contributed by atoms with Crippen LogP contribution in [0.4, 0.5) is 5.69 Å². The van der Waals surface area contributed by atoms with Crippen LogP contribution >= 0.6 is 12.6 Å². The fourth-order valence-corrected chi connectivity index (χ4v) is 3.65. The third-order valence-electron chi connectivity index (χ3n) is 5.09. The van der Waals surface area contributed by atoms with Crippen LogP contribution in [0.3, 0.4) is 0 Å². The van der Waals surface area contributed by atoms with Crippen LogP contribution in [0.2, 0.25) is 0 Å². The van der Waals surface area contributed by atoms with Gasteiger partial charge in [0, 0.05) is 17.4 Å². The van der Waals surface area contributed by atoms with Crippen LogP contribution in [0.5, 0.6) is 0 Å². The molecule has 29 heavy (non-hydrogen) atoms. The van der Waals surface area contributed by atoms with E-state index in [1.165, 1.54) is 0 Å². The average Bonchev–Trinajstić information content (AvgIpc) is 2.73. The summed E-state index contributed by atoms with van der Waals surface area (Å²) in [6.07, 6.45) is 4.96. The summed E-state index contributed by atoms with van der Waals surface area (Å²) in [5.74, 6) is 0.0101. The number of carbonyl (C=O) groups is 2. The van der Waals surface area contributed by atoms with Gasteiger partial charge in [-0.15, -0.1) is 0 Å². The molecular formula is C23H33N3O2S. The van der Waals surface area contributed by atoms with Gasteiger partial charge in [-0.3, -0.25) is 9.59 Å². The van der Waals surface area contributed by atoms with Crippen LogP contribution < -0.4 is 16.4 Å².